The topological polar surface area (TPSA) is 38.7 Å². The number of hydrogen-bond acceptors (Lipinski definition) is 3. The molecule has 2 aromatic carbocycles. The molecule has 0 aliphatic rings. The standard InChI is InChI=1S/C22H32NO3/c1-23(2,3)15-18-26-22(19-9-5-4-6-10-19)20-11-13-21(14-12-20)25-17-8-7-16-24/h4-6,9-14,22,24H,7-8,15-18H2,1-3H3/q+1. The van der Waals surface area contributed by atoms with Crippen LogP contribution in [-0.4, -0.2) is 57.1 Å². The largest absolute Gasteiger partial charge is 0.494 e. The number of hydrogen-bond donors (Lipinski definition) is 1. The molecule has 0 fully saturated rings. The van der Waals surface area contributed by atoms with Gasteiger partial charge in [0.1, 0.15) is 18.4 Å². The van der Waals surface area contributed by atoms with E-state index in [1.54, 1.807) is 0 Å². The summed E-state index contributed by atoms with van der Waals surface area (Å²) in [6.07, 6.45) is 1.55. The van der Waals surface area contributed by atoms with Crippen molar-refractivity contribution in [2.75, 3.05) is 47.5 Å². The third-order valence-electron chi connectivity index (χ3n) is 4.15. The third kappa shape index (κ3) is 7.16. The number of nitrogens with zero attached hydrogens (tertiary/aromatic N) is 1. The molecular formula is C22H32NO3+. The SMILES string of the molecule is C[N+](C)(C)CCOC(c1ccccc1)c1ccc(OCCCCO)cc1. The van der Waals surface area contributed by atoms with E-state index in [9.17, 15) is 0 Å². The lowest BCUT2D eigenvalue weighted by Crippen LogP contribution is -2.37. The first-order chi connectivity index (χ1) is 12.5. The monoisotopic (exact) mass is 358 g/mol. The van der Waals surface area contributed by atoms with Crippen LogP contribution in [0.15, 0.2) is 54.6 Å². The van der Waals surface area contributed by atoms with Gasteiger partial charge in [0.25, 0.3) is 0 Å². The van der Waals surface area contributed by atoms with Gasteiger partial charge in [0.2, 0.25) is 0 Å². The number of aliphatic hydroxyl groups is 1. The Hall–Kier alpha value is -1.88. The maximum atomic E-state index is 8.82. The Kier molecular flexibility index (Phi) is 8.10. The molecule has 0 aliphatic heterocycles. The Labute approximate surface area is 157 Å². The summed E-state index contributed by atoms with van der Waals surface area (Å²) in [6.45, 7) is 2.49. The van der Waals surface area contributed by atoms with Crippen LogP contribution in [0.1, 0.15) is 30.1 Å². The van der Waals surface area contributed by atoms with E-state index in [2.05, 4.69) is 45.4 Å². The van der Waals surface area contributed by atoms with Crippen LogP contribution in [0.2, 0.25) is 0 Å². The first kappa shape index (κ1) is 20.4. The fraction of sp³-hybridized carbons (Fsp3) is 0.455. The Morgan fingerprint density at radius 1 is 0.846 bits per heavy atom. The lowest BCUT2D eigenvalue weighted by Gasteiger charge is -2.26. The molecule has 26 heavy (non-hydrogen) atoms. The summed E-state index contributed by atoms with van der Waals surface area (Å²) in [5.41, 5.74) is 2.28. The average Bonchev–Trinajstić information content (AvgIpc) is 2.63. The number of unbranched alkanes of at least 4 members (excludes halogenated alkanes) is 1. The number of rotatable bonds is 11. The summed E-state index contributed by atoms with van der Waals surface area (Å²) >= 11 is 0. The Morgan fingerprint density at radius 3 is 2.12 bits per heavy atom. The molecule has 0 spiro atoms. The molecule has 0 bridgehead atoms. The highest BCUT2D eigenvalue weighted by molar-refractivity contribution is 5.34. The second kappa shape index (κ2) is 10.3. The van der Waals surface area contributed by atoms with Crippen molar-refractivity contribution >= 4 is 0 Å². The summed E-state index contributed by atoms with van der Waals surface area (Å²) in [4.78, 5) is 0. The molecule has 1 unspecified atom stereocenters. The molecule has 4 heteroatoms. The van der Waals surface area contributed by atoms with Crippen molar-refractivity contribution in [1.29, 1.82) is 0 Å². The van der Waals surface area contributed by atoms with Crippen LogP contribution in [0.25, 0.3) is 0 Å². The van der Waals surface area contributed by atoms with Crippen molar-refractivity contribution in [2.24, 2.45) is 0 Å². The van der Waals surface area contributed by atoms with E-state index in [1.807, 2.05) is 30.3 Å². The zero-order valence-corrected chi connectivity index (χ0v) is 16.2. The van der Waals surface area contributed by atoms with Crippen molar-refractivity contribution < 1.29 is 19.1 Å². The van der Waals surface area contributed by atoms with E-state index < -0.39 is 0 Å². The van der Waals surface area contributed by atoms with Gasteiger partial charge in [-0.3, -0.25) is 0 Å². The molecule has 0 heterocycles. The fourth-order valence-corrected chi connectivity index (χ4v) is 2.60. The molecule has 0 aliphatic carbocycles. The van der Waals surface area contributed by atoms with Gasteiger partial charge in [-0.2, -0.15) is 0 Å². The molecule has 4 nitrogen and oxygen atoms in total. The van der Waals surface area contributed by atoms with Gasteiger partial charge < -0.3 is 19.1 Å². The molecule has 0 saturated carbocycles. The number of quaternary nitrogens is 1. The van der Waals surface area contributed by atoms with Crippen LogP contribution < -0.4 is 4.74 Å². The molecule has 0 amide bonds. The van der Waals surface area contributed by atoms with Crippen LogP contribution >= 0.6 is 0 Å². The molecule has 1 N–H and O–H groups in total. The fourth-order valence-electron chi connectivity index (χ4n) is 2.60. The summed E-state index contributed by atoms with van der Waals surface area (Å²) < 4.78 is 12.9. The van der Waals surface area contributed by atoms with Crippen molar-refractivity contribution in [1.82, 2.24) is 0 Å². The van der Waals surface area contributed by atoms with E-state index in [1.165, 1.54) is 0 Å². The van der Waals surface area contributed by atoms with Crippen molar-refractivity contribution in [3.63, 3.8) is 0 Å². The minimum absolute atomic E-state index is 0.0776. The Balaban J connectivity index is 2.04. The van der Waals surface area contributed by atoms with Crippen LogP contribution in [0.4, 0.5) is 0 Å². The van der Waals surface area contributed by atoms with Gasteiger partial charge in [-0.15, -0.1) is 0 Å². The molecule has 0 saturated heterocycles. The molecule has 2 rings (SSSR count). The van der Waals surface area contributed by atoms with Gasteiger partial charge in [-0.25, -0.2) is 0 Å². The van der Waals surface area contributed by atoms with Gasteiger partial charge in [0.15, 0.2) is 0 Å². The molecule has 0 radical (unpaired) electrons. The lowest BCUT2D eigenvalue weighted by molar-refractivity contribution is -0.870. The van der Waals surface area contributed by atoms with Gasteiger partial charge in [0, 0.05) is 6.61 Å². The molecular weight excluding hydrogens is 326 g/mol. The van der Waals surface area contributed by atoms with Crippen molar-refractivity contribution in [2.45, 2.75) is 18.9 Å². The summed E-state index contributed by atoms with van der Waals surface area (Å²) in [5.74, 6) is 0.852. The van der Waals surface area contributed by atoms with Gasteiger partial charge in [-0.05, 0) is 36.1 Å². The predicted octanol–water partition coefficient (Wildman–Crippen LogP) is 3.65. The number of ether oxygens (including phenoxy) is 2. The molecule has 142 valence electrons. The zero-order valence-electron chi connectivity index (χ0n) is 16.2. The van der Waals surface area contributed by atoms with E-state index >= 15 is 0 Å². The second-order valence-corrected chi connectivity index (χ2v) is 7.52. The van der Waals surface area contributed by atoms with Crippen LogP contribution in [0.5, 0.6) is 5.75 Å². The minimum Gasteiger partial charge on any atom is -0.494 e. The second-order valence-electron chi connectivity index (χ2n) is 7.52. The minimum atomic E-state index is -0.0776. The number of benzene rings is 2. The smallest absolute Gasteiger partial charge is 0.119 e. The van der Waals surface area contributed by atoms with Gasteiger partial charge in [-0.1, -0.05) is 42.5 Å². The van der Waals surface area contributed by atoms with Gasteiger partial charge in [0.05, 0.1) is 34.4 Å². The summed E-state index contributed by atoms with van der Waals surface area (Å²) in [7, 11) is 6.51. The van der Waals surface area contributed by atoms with Crippen LogP contribution in [-0.2, 0) is 4.74 Å². The maximum Gasteiger partial charge on any atom is 0.119 e. The Morgan fingerprint density at radius 2 is 1.50 bits per heavy atom. The highest BCUT2D eigenvalue weighted by Crippen LogP contribution is 2.27. The van der Waals surface area contributed by atoms with Crippen molar-refractivity contribution in [3.05, 3.63) is 65.7 Å². The number of likely N-dealkylation sites (N-methyl/N-ethyl adjacent to an activating group) is 1. The number of aliphatic hydroxyl groups excluding tert-OH is 1. The van der Waals surface area contributed by atoms with Gasteiger partial charge >= 0.3 is 0 Å². The first-order valence-electron chi connectivity index (χ1n) is 9.30. The molecule has 1 atom stereocenters. The maximum absolute atomic E-state index is 8.82. The lowest BCUT2D eigenvalue weighted by atomic mass is 10.0. The van der Waals surface area contributed by atoms with Crippen LogP contribution in [0, 0.1) is 0 Å². The highest BCUT2D eigenvalue weighted by atomic mass is 16.5. The van der Waals surface area contributed by atoms with E-state index in [-0.39, 0.29) is 12.7 Å². The van der Waals surface area contributed by atoms with E-state index in [0.29, 0.717) is 13.2 Å². The van der Waals surface area contributed by atoms with Crippen molar-refractivity contribution in [3.8, 4) is 5.75 Å². The Bertz CT molecular complexity index is 620. The predicted molar refractivity (Wildman–Crippen MR) is 105 cm³/mol. The van der Waals surface area contributed by atoms with E-state index in [0.717, 1.165) is 40.7 Å². The third-order valence-corrected chi connectivity index (χ3v) is 4.15. The summed E-state index contributed by atoms with van der Waals surface area (Å²) in [6, 6.07) is 18.5. The normalized spacial score (nSPS) is 12.8. The highest BCUT2D eigenvalue weighted by Gasteiger charge is 2.16. The molecule has 2 aromatic rings. The first-order valence-corrected chi connectivity index (χ1v) is 9.30. The van der Waals surface area contributed by atoms with Crippen LogP contribution in [0.3, 0.4) is 0 Å². The average molecular weight is 359 g/mol. The zero-order chi connectivity index (χ0) is 18.8. The summed E-state index contributed by atoms with van der Waals surface area (Å²) in [5, 5.41) is 8.82. The van der Waals surface area contributed by atoms with E-state index in [4.69, 9.17) is 14.6 Å². The quantitative estimate of drug-likeness (QED) is 0.492. The molecule has 0 aromatic heterocycles.